The van der Waals surface area contributed by atoms with Gasteiger partial charge in [-0.15, -0.1) is 0 Å². The van der Waals surface area contributed by atoms with Crippen molar-refractivity contribution in [1.82, 2.24) is 0 Å². The number of rotatable bonds is 6. The molecule has 6 heteroatoms. The molecular formula is C14H18N2O3S. The monoisotopic (exact) mass is 294 g/mol. The van der Waals surface area contributed by atoms with Gasteiger partial charge in [0.1, 0.15) is 0 Å². The third-order valence-electron chi connectivity index (χ3n) is 3.23. The largest absolute Gasteiger partial charge is 0.377 e. The Bertz CT molecular complexity index is 560. The summed E-state index contributed by atoms with van der Waals surface area (Å²) >= 11 is 0. The van der Waals surface area contributed by atoms with Crippen LogP contribution in [0.25, 0.3) is 0 Å². The Morgan fingerprint density at radius 1 is 1.35 bits per heavy atom. The van der Waals surface area contributed by atoms with E-state index >= 15 is 0 Å². The van der Waals surface area contributed by atoms with Crippen molar-refractivity contribution >= 4 is 15.7 Å². The molecule has 108 valence electrons. The predicted molar refractivity (Wildman–Crippen MR) is 76.8 cm³/mol. The van der Waals surface area contributed by atoms with E-state index < -0.39 is 10.0 Å². The van der Waals surface area contributed by atoms with Crippen molar-refractivity contribution in [1.29, 1.82) is 5.26 Å². The molecule has 1 atom stereocenters. The Morgan fingerprint density at radius 2 is 2.10 bits per heavy atom. The van der Waals surface area contributed by atoms with Gasteiger partial charge in [0.25, 0.3) is 0 Å². The zero-order chi connectivity index (χ0) is 14.4. The molecule has 0 aromatic heterocycles. The molecule has 20 heavy (non-hydrogen) atoms. The summed E-state index contributed by atoms with van der Waals surface area (Å²) < 4.78 is 31.8. The topological polar surface area (TPSA) is 70.4 Å². The smallest absolute Gasteiger partial charge is 0.237 e. The summed E-state index contributed by atoms with van der Waals surface area (Å²) in [5.41, 5.74) is 0.598. The number of hydrogen-bond acceptors (Lipinski definition) is 4. The van der Waals surface area contributed by atoms with E-state index in [1.54, 1.807) is 24.3 Å². The van der Waals surface area contributed by atoms with Crippen molar-refractivity contribution in [3.8, 4) is 6.07 Å². The number of anilines is 1. The highest BCUT2D eigenvalue weighted by Gasteiger charge is 2.28. The van der Waals surface area contributed by atoms with Crippen LogP contribution in [-0.4, -0.2) is 33.4 Å². The fourth-order valence-corrected chi connectivity index (χ4v) is 4.00. The van der Waals surface area contributed by atoms with E-state index in [0.717, 1.165) is 12.8 Å². The van der Waals surface area contributed by atoms with Gasteiger partial charge in [0.15, 0.2) is 0 Å². The number of ether oxygens (including phenoxy) is 1. The maximum Gasteiger partial charge on any atom is 0.237 e. The molecule has 0 N–H and O–H groups in total. The SMILES string of the molecule is N#CCCN(c1ccccc1)S(=O)(=O)CC1CCCO1. The molecule has 0 saturated carbocycles. The average Bonchev–Trinajstić information content (AvgIpc) is 2.92. The number of para-hydroxylation sites is 1. The van der Waals surface area contributed by atoms with E-state index in [0.29, 0.717) is 12.3 Å². The molecule has 2 rings (SSSR count). The molecule has 0 bridgehead atoms. The first kappa shape index (κ1) is 14.8. The molecule has 1 aromatic rings. The second kappa shape index (κ2) is 6.73. The van der Waals surface area contributed by atoms with Gasteiger partial charge in [0.05, 0.1) is 30.0 Å². The maximum atomic E-state index is 12.5. The summed E-state index contributed by atoms with van der Waals surface area (Å²) in [5.74, 6) is -0.0205. The van der Waals surface area contributed by atoms with Crippen LogP contribution in [0.15, 0.2) is 30.3 Å². The van der Waals surface area contributed by atoms with Crippen molar-refractivity contribution < 1.29 is 13.2 Å². The lowest BCUT2D eigenvalue weighted by molar-refractivity contribution is 0.127. The van der Waals surface area contributed by atoms with Crippen molar-refractivity contribution in [3.05, 3.63) is 30.3 Å². The van der Waals surface area contributed by atoms with Crippen LogP contribution < -0.4 is 4.31 Å². The summed E-state index contributed by atoms with van der Waals surface area (Å²) in [5, 5.41) is 8.72. The quantitative estimate of drug-likeness (QED) is 0.803. The van der Waals surface area contributed by atoms with Crippen molar-refractivity contribution in [2.24, 2.45) is 0 Å². The lowest BCUT2D eigenvalue weighted by Gasteiger charge is -2.24. The molecule has 1 fully saturated rings. The minimum atomic E-state index is -3.47. The third kappa shape index (κ3) is 3.71. The lowest BCUT2D eigenvalue weighted by atomic mass is 10.3. The summed E-state index contributed by atoms with van der Waals surface area (Å²) in [6.45, 7) is 0.805. The number of nitriles is 1. The van der Waals surface area contributed by atoms with Gasteiger partial charge in [-0.05, 0) is 25.0 Å². The third-order valence-corrected chi connectivity index (χ3v) is 5.09. The zero-order valence-corrected chi connectivity index (χ0v) is 12.1. The molecule has 0 amide bonds. The fourth-order valence-electron chi connectivity index (χ4n) is 2.28. The zero-order valence-electron chi connectivity index (χ0n) is 11.2. The summed E-state index contributed by atoms with van der Waals surface area (Å²) in [6, 6.07) is 10.9. The molecular weight excluding hydrogens is 276 g/mol. The number of hydrogen-bond donors (Lipinski definition) is 0. The summed E-state index contributed by atoms with van der Waals surface area (Å²) in [7, 11) is -3.47. The van der Waals surface area contributed by atoms with E-state index in [4.69, 9.17) is 10.00 Å². The van der Waals surface area contributed by atoms with Crippen LogP contribution in [0.2, 0.25) is 0 Å². The summed E-state index contributed by atoms with van der Waals surface area (Å²) in [4.78, 5) is 0. The van der Waals surface area contributed by atoms with Crippen LogP contribution in [0.1, 0.15) is 19.3 Å². The Labute approximate surface area is 119 Å². The van der Waals surface area contributed by atoms with Crippen molar-refractivity contribution in [3.63, 3.8) is 0 Å². The van der Waals surface area contributed by atoms with Gasteiger partial charge in [0.2, 0.25) is 10.0 Å². The Morgan fingerprint density at radius 3 is 2.70 bits per heavy atom. The predicted octanol–water partition coefficient (Wildman–Crippen LogP) is 1.92. The van der Waals surface area contributed by atoms with Crippen molar-refractivity contribution in [2.75, 3.05) is 23.2 Å². The first-order valence-corrected chi connectivity index (χ1v) is 8.28. The van der Waals surface area contributed by atoms with Gasteiger partial charge in [0, 0.05) is 13.2 Å². The van der Waals surface area contributed by atoms with Crippen LogP contribution in [0.3, 0.4) is 0 Å². The molecule has 1 heterocycles. The van der Waals surface area contributed by atoms with Crippen LogP contribution in [0.4, 0.5) is 5.69 Å². The van der Waals surface area contributed by atoms with Crippen LogP contribution >= 0.6 is 0 Å². The second-order valence-corrected chi connectivity index (χ2v) is 6.67. The summed E-state index contributed by atoms with van der Waals surface area (Å²) in [6.07, 6.45) is 1.62. The van der Waals surface area contributed by atoms with Crippen LogP contribution in [0, 0.1) is 11.3 Å². The first-order chi connectivity index (χ1) is 9.63. The van der Waals surface area contributed by atoms with Gasteiger partial charge >= 0.3 is 0 Å². The van der Waals surface area contributed by atoms with E-state index in [1.165, 1.54) is 4.31 Å². The average molecular weight is 294 g/mol. The Kier molecular flexibility index (Phi) is 4.99. The molecule has 0 radical (unpaired) electrons. The van der Waals surface area contributed by atoms with Gasteiger partial charge < -0.3 is 4.74 Å². The van der Waals surface area contributed by atoms with Crippen molar-refractivity contribution in [2.45, 2.75) is 25.4 Å². The lowest BCUT2D eigenvalue weighted by Crippen LogP contribution is -2.37. The van der Waals surface area contributed by atoms with Crippen LogP contribution in [-0.2, 0) is 14.8 Å². The van der Waals surface area contributed by atoms with E-state index in [-0.39, 0.29) is 24.8 Å². The normalized spacial score (nSPS) is 18.6. The van der Waals surface area contributed by atoms with Gasteiger partial charge in [-0.1, -0.05) is 18.2 Å². The van der Waals surface area contributed by atoms with Gasteiger partial charge in [-0.25, -0.2) is 8.42 Å². The molecule has 1 aliphatic rings. The number of benzene rings is 1. The second-order valence-electron chi connectivity index (χ2n) is 4.73. The molecule has 0 aliphatic carbocycles. The minimum Gasteiger partial charge on any atom is -0.377 e. The maximum absolute atomic E-state index is 12.5. The number of sulfonamides is 1. The van der Waals surface area contributed by atoms with Gasteiger partial charge in [-0.2, -0.15) is 5.26 Å². The Balaban J connectivity index is 2.18. The highest BCUT2D eigenvalue weighted by atomic mass is 32.2. The van der Waals surface area contributed by atoms with Gasteiger partial charge in [-0.3, -0.25) is 4.31 Å². The van der Waals surface area contributed by atoms with E-state index in [1.807, 2.05) is 12.1 Å². The number of nitrogens with zero attached hydrogens (tertiary/aromatic N) is 2. The molecule has 1 unspecified atom stereocenters. The highest BCUT2D eigenvalue weighted by molar-refractivity contribution is 7.92. The van der Waals surface area contributed by atoms with Crippen LogP contribution in [0.5, 0.6) is 0 Å². The Hall–Kier alpha value is -1.58. The highest BCUT2D eigenvalue weighted by Crippen LogP contribution is 2.21. The molecule has 1 aliphatic heterocycles. The molecule has 5 nitrogen and oxygen atoms in total. The molecule has 1 aromatic carbocycles. The van der Waals surface area contributed by atoms with E-state index in [2.05, 4.69) is 0 Å². The fraction of sp³-hybridized carbons (Fsp3) is 0.500. The molecule has 1 saturated heterocycles. The standard InChI is InChI=1S/C14H18N2O3S/c15-9-5-10-16(13-6-2-1-3-7-13)20(17,18)12-14-8-4-11-19-14/h1-3,6-7,14H,4-5,8,10-12H2. The first-order valence-electron chi connectivity index (χ1n) is 6.67. The minimum absolute atomic E-state index is 0.0205. The van der Waals surface area contributed by atoms with E-state index in [9.17, 15) is 8.42 Å². The molecule has 0 spiro atoms.